The number of imide groups is 1. The van der Waals surface area contributed by atoms with E-state index in [4.69, 9.17) is 21.1 Å². The van der Waals surface area contributed by atoms with E-state index in [2.05, 4.69) is 15.6 Å². The number of urea groups is 1. The predicted molar refractivity (Wildman–Crippen MR) is 123 cm³/mol. The Morgan fingerprint density at radius 2 is 1.61 bits per heavy atom. The minimum Gasteiger partial charge on any atom is -0.496 e. The third kappa shape index (κ3) is 5.99. The lowest BCUT2D eigenvalue weighted by Crippen LogP contribution is -2.34. The summed E-state index contributed by atoms with van der Waals surface area (Å²) in [4.78, 5) is 28.7. The van der Waals surface area contributed by atoms with Crippen molar-refractivity contribution in [3.8, 4) is 11.5 Å². The average Bonchev–Trinajstić information content (AvgIpc) is 2.80. The Bertz CT molecular complexity index is 1240. The van der Waals surface area contributed by atoms with E-state index in [0.717, 1.165) is 0 Å². The summed E-state index contributed by atoms with van der Waals surface area (Å²) in [5.74, 6) is -0.523. The number of nitrogens with zero attached hydrogens (tertiary/aromatic N) is 1. The summed E-state index contributed by atoms with van der Waals surface area (Å²) in [5.41, 5.74) is 0.810. The van der Waals surface area contributed by atoms with Crippen LogP contribution in [0.4, 0.5) is 10.5 Å². The van der Waals surface area contributed by atoms with Crippen LogP contribution in [0.15, 0.2) is 65.8 Å². The summed E-state index contributed by atoms with van der Waals surface area (Å²) in [6.45, 7) is 0. The highest BCUT2D eigenvalue weighted by molar-refractivity contribution is 7.90. The van der Waals surface area contributed by atoms with Gasteiger partial charge in [0.2, 0.25) is 0 Å². The number of pyridine rings is 1. The summed E-state index contributed by atoms with van der Waals surface area (Å²) in [6, 6.07) is 13.0. The molecule has 0 saturated heterocycles. The first-order chi connectivity index (χ1) is 15.7. The van der Waals surface area contributed by atoms with Crippen LogP contribution < -0.4 is 20.1 Å². The smallest absolute Gasteiger partial charge is 0.326 e. The van der Waals surface area contributed by atoms with Gasteiger partial charge in [-0.2, -0.15) is 0 Å². The van der Waals surface area contributed by atoms with Gasteiger partial charge in [-0.25, -0.2) is 18.2 Å². The van der Waals surface area contributed by atoms with Crippen LogP contribution in [-0.2, 0) is 15.6 Å². The Hall–Kier alpha value is -3.63. The zero-order valence-corrected chi connectivity index (χ0v) is 19.2. The number of anilines is 1. The van der Waals surface area contributed by atoms with Gasteiger partial charge in [-0.1, -0.05) is 29.8 Å². The van der Waals surface area contributed by atoms with E-state index in [1.165, 1.54) is 32.5 Å². The highest BCUT2D eigenvalue weighted by atomic mass is 35.5. The molecule has 0 aliphatic carbocycles. The number of methoxy groups -OCH3 is 2. The number of aromatic nitrogens is 1. The quantitative estimate of drug-likeness (QED) is 0.518. The Kier molecular flexibility index (Phi) is 7.52. The Morgan fingerprint density at radius 3 is 2.15 bits per heavy atom. The lowest BCUT2D eigenvalue weighted by molar-refractivity contribution is 0.0961. The average molecular weight is 490 g/mol. The predicted octanol–water partition coefficient (Wildman–Crippen LogP) is 3.69. The fraction of sp³-hybridized carbons (Fsp3) is 0.136. The maximum absolute atomic E-state index is 12.6. The zero-order chi connectivity index (χ0) is 24.0. The van der Waals surface area contributed by atoms with Gasteiger partial charge in [-0.3, -0.25) is 10.1 Å². The van der Waals surface area contributed by atoms with Gasteiger partial charge in [0, 0.05) is 5.02 Å². The summed E-state index contributed by atoms with van der Waals surface area (Å²) in [5, 5.41) is 4.95. The van der Waals surface area contributed by atoms with E-state index in [1.807, 2.05) is 0 Å². The van der Waals surface area contributed by atoms with Crippen LogP contribution in [0.25, 0.3) is 0 Å². The van der Waals surface area contributed by atoms with Gasteiger partial charge in [0.1, 0.15) is 17.1 Å². The number of carbonyl (C=O) groups is 2. The van der Waals surface area contributed by atoms with Crippen molar-refractivity contribution in [2.24, 2.45) is 0 Å². The van der Waals surface area contributed by atoms with Crippen molar-refractivity contribution in [1.82, 2.24) is 10.3 Å². The molecule has 1 aromatic heterocycles. The fourth-order valence-corrected chi connectivity index (χ4v) is 4.31. The first-order valence-corrected chi connectivity index (χ1v) is 11.5. The fourth-order valence-electron chi connectivity index (χ4n) is 2.92. The summed E-state index contributed by atoms with van der Waals surface area (Å²) in [6.07, 6.45) is 1.18. The van der Waals surface area contributed by atoms with Gasteiger partial charge >= 0.3 is 6.03 Å². The van der Waals surface area contributed by atoms with Gasteiger partial charge in [-0.15, -0.1) is 0 Å². The van der Waals surface area contributed by atoms with Crippen molar-refractivity contribution < 1.29 is 27.5 Å². The number of hydrogen-bond donors (Lipinski definition) is 2. The normalized spacial score (nSPS) is 10.9. The monoisotopic (exact) mass is 489 g/mol. The van der Waals surface area contributed by atoms with Crippen LogP contribution in [-0.4, -0.2) is 39.6 Å². The molecule has 0 fully saturated rings. The number of nitrogens with one attached hydrogen (secondary N) is 2. The summed E-state index contributed by atoms with van der Waals surface area (Å²) in [7, 11) is -0.929. The minimum atomic E-state index is -3.71. The topological polar surface area (TPSA) is 124 Å². The number of sulfone groups is 1. The highest BCUT2D eigenvalue weighted by Gasteiger charge is 2.21. The number of rotatable bonds is 7. The molecule has 0 atom stereocenters. The standard InChI is InChI=1S/C22H20ClN3O6S/c1-31-17-4-3-5-18(32-2)20(17)21(27)26-22(28)25-16-10-11-19(24-12-16)33(29,30)13-14-6-8-15(23)9-7-14/h3-12H,13H2,1-2H3,(H2,25,26,27,28). The van der Waals surface area contributed by atoms with Crippen molar-refractivity contribution in [3.05, 3.63) is 76.9 Å². The number of halogens is 1. The SMILES string of the molecule is COc1cccc(OC)c1C(=O)NC(=O)Nc1ccc(S(=O)(=O)Cc2ccc(Cl)cc2)nc1. The van der Waals surface area contributed by atoms with Crippen LogP contribution >= 0.6 is 11.6 Å². The van der Waals surface area contributed by atoms with E-state index in [9.17, 15) is 18.0 Å². The second kappa shape index (κ2) is 10.3. The molecule has 3 rings (SSSR count). The molecule has 3 amide bonds. The van der Waals surface area contributed by atoms with Crippen LogP contribution in [0.1, 0.15) is 15.9 Å². The molecule has 1 heterocycles. The molecule has 2 aromatic carbocycles. The van der Waals surface area contributed by atoms with Crippen LogP contribution in [0, 0.1) is 0 Å². The molecule has 9 nitrogen and oxygen atoms in total. The second-order valence-electron chi connectivity index (χ2n) is 6.72. The third-order valence-corrected chi connectivity index (χ3v) is 6.31. The molecule has 0 radical (unpaired) electrons. The first-order valence-electron chi connectivity index (χ1n) is 9.50. The molecule has 11 heteroatoms. The molecule has 2 N–H and O–H groups in total. The number of benzene rings is 2. The minimum absolute atomic E-state index is 0.0550. The maximum atomic E-state index is 12.6. The molecule has 172 valence electrons. The Morgan fingerprint density at radius 1 is 0.970 bits per heavy atom. The molecule has 0 bridgehead atoms. The molecular formula is C22H20ClN3O6S. The Labute approximate surface area is 195 Å². The molecule has 3 aromatic rings. The third-order valence-electron chi connectivity index (χ3n) is 4.46. The van der Waals surface area contributed by atoms with E-state index in [1.54, 1.807) is 42.5 Å². The Balaban J connectivity index is 1.67. The van der Waals surface area contributed by atoms with Gasteiger partial charge in [0.25, 0.3) is 5.91 Å². The van der Waals surface area contributed by atoms with Gasteiger partial charge in [0.05, 0.1) is 31.9 Å². The summed E-state index contributed by atoms with van der Waals surface area (Å²) >= 11 is 5.82. The second-order valence-corrected chi connectivity index (χ2v) is 9.09. The van der Waals surface area contributed by atoms with Crippen LogP contribution in [0.5, 0.6) is 11.5 Å². The highest BCUT2D eigenvalue weighted by Crippen LogP contribution is 2.28. The van der Waals surface area contributed by atoms with Crippen molar-refractivity contribution in [1.29, 1.82) is 0 Å². The zero-order valence-electron chi connectivity index (χ0n) is 17.7. The number of amides is 3. The van der Waals surface area contributed by atoms with Crippen molar-refractivity contribution in [2.45, 2.75) is 10.8 Å². The lowest BCUT2D eigenvalue weighted by atomic mass is 10.1. The molecule has 0 unspecified atom stereocenters. The van der Waals surface area contributed by atoms with Crippen LogP contribution in [0.2, 0.25) is 5.02 Å². The van der Waals surface area contributed by atoms with E-state index >= 15 is 0 Å². The van der Waals surface area contributed by atoms with E-state index in [-0.39, 0.29) is 33.5 Å². The molecule has 33 heavy (non-hydrogen) atoms. The van der Waals surface area contributed by atoms with Crippen molar-refractivity contribution >= 4 is 39.1 Å². The largest absolute Gasteiger partial charge is 0.496 e. The van der Waals surface area contributed by atoms with Gasteiger partial charge in [-0.05, 0) is 42.0 Å². The summed E-state index contributed by atoms with van der Waals surface area (Å²) < 4.78 is 35.5. The van der Waals surface area contributed by atoms with Gasteiger partial charge < -0.3 is 14.8 Å². The lowest BCUT2D eigenvalue weighted by Gasteiger charge is -2.13. The van der Waals surface area contributed by atoms with Crippen LogP contribution in [0.3, 0.4) is 0 Å². The van der Waals surface area contributed by atoms with E-state index < -0.39 is 21.8 Å². The maximum Gasteiger partial charge on any atom is 0.326 e. The van der Waals surface area contributed by atoms with Crippen molar-refractivity contribution in [2.75, 3.05) is 19.5 Å². The molecule has 0 aliphatic rings. The molecular weight excluding hydrogens is 470 g/mol. The number of hydrogen-bond acceptors (Lipinski definition) is 7. The van der Waals surface area contributed by atoms with E-state index in [0.29, 0.717) is 10.6 Å². The molecule has 0 saturated carbocycles. The first kappa shape index (κ1) is 24.0. The van der Waals surface area contributed by atoms with Gasteiger partial charge in [0.15, 0.2) is 14.9 Å². The number of carbonyl (C=O) groups excluding carboxylic acids is 2. The molecule has 0 aliphatic heterocycles. The molecule has 0 spiro atoms. The van der Waals surface area contributed by atoms with Crippen molar-refractivity contribution in [3.63, 3.8) is 0 Å². The number of ether oxygens (including phenoxy) is 2.